The van der Waals surface area contributed by atoms with E-state index in [4.69, 9.17) is 0 Å². The highest BCUT2D eigenvalue weighted by Crippen LogP contribution is 2.34. The van der Waals surface area contributed by atoms with Gasteiger partial charge in [0.05, 0.1) is 10.2 Å². The third-order valence-electron chi connectivity index (χ3n) is 3.56. The first kappa shape index (κ1) is 17.1. The van der Waals surface area contributed by atoms with Crippen molar-refractivity contribution in [3.05, 3.63) is 46.9 Å². The highest BCUT2D eigenvalue weighted by atomic mass is 79.9. The van der Waals surface area contributed by atoms with Crippen molar-refractivity contribution in [3.8, 4) is 22.5 Å². The number of benzene rings is 1. The van der Waals surface area contributed by atoms with Gasteiger partial charge in [-0.15, -0.1) is 0 Å². The summed E-state index contributed by atoms with van der Waals surface area (Å²) in [7, 11) is 0. The van der Waals surface area contributed by atoms with Gasteiger partial charge >= 0.3 is 0 Å². The number of hydrogen-bond donors (Lipinski definition) is 0. The van der Waals surface area contributed by atoms with E-state index in [1.54, 1.807) is 24.4 Å². The SMILES string of the molecule is CSc1nccc(-c2cn(C(C)C)nc2-c2cccc(Br)c2F)n1. The topological polar surface area (TPSA) is 43.6 Å². The number of halogens is 2. The summed E-state index contributed by atoms with van der Waals surface area (Å²) in [6.45, 7) is 4.07. The van der Waals surface area contributed by atoms with Crippen molar-refractivity contribution >= 4 is 27.7 Å². The molecule has 0 aliphatic carbocycles. The Bertz CT molecular complexity index is 879. The van der Waals surface area contributed by atoms with E-state index >= 15 is 0 Å². The Morgan fingerprint density at radius 3 is 2.71 bits per heavy atom. The van der Waals surface area contributed by atoms with Crippen molar-refractivity contribution < 1.29 is 4.39 Å². The molecule has 0 bridgehead atoms. The normalized spacial score (nSPS) is 11.2. The maximum absolute atomic E-state index is 14.6. The smallest absolute Gasteiger partial charge is 0.187 e. The summed E-state index contributed by atoms with van der Waals surface area (Å²) in [6.07, 6.45) is 5.54. The van der Waals surface area contributed by atoms with Gasteiger partial charge in [0.1, 0.15) is 11.5 Å². The molecule has 0 saturated carbocycles. The molecule has 0 atom stereocenters. The standard InChI is InChI=1S/C17H16BrFN4S/c1-10(2)23-9-12(14-7-8-20-17(21-14)24-3)16(22-23)11-5-4-6-13(18)15(11)19/h4-10H,1-3H3. The van der Waals surface area contributed by atoms with Gasteiger partial charge in [0.2, 0.25) is 0 Å². The van der Waals surface area contributed by atoms with Crippen molar-refractivity contribution in [2.75, 3.05) is 6.26 Å². The number of rotatable bonds is 4. The van der Waals surface area contributed by atoms with Crippen molar-refractivity contribution in [2.24, 2.45) is 0 Å². The summed E-state index contributed by atoms with van der Waals surface area (Å²) in [6, 6.07) is 7.19. The van der Waals surface area contributed by atoms with Crippen molar-refractivity contribution in [3.63, 3.8) is 0 Å². The minimum absolute atomic E-state index is 0.162. The highest BCUT2D eigenvalue weighted by Gasteiger charge is 2.19. The molecular weight excluding hydrogens is 391 g/mol. The van der Waals surface area contributed by atoms with Gasteiger partial charge in [-0.2, -0.15) is 5.10 Å². The summed E-state index contributed by atoms with van der Waals surface area (Å²) >= 11 is 4.71. The maximum atomic E-state index is 14.6. The van der Waals surface area contributed by atoms with Gasteiger partial charge in [-0.1, -0.05) is 17.8 Å². The van der Waals surface area contributed by atoms with Gasteiger partial charge in [-0.25, -0.2) is 14.4 Å². The van der Waals surface area contributed by atoms with E-state index in [0.717, 1.165) is 11.3 Å². The third kappa shape index (κ3) is 3.23. The second kappa shape index (κ2) is 7.03. The Labute approximate surface area is 152 Å². The quantitative estimate of drug-likeness (QED) is 0.440. The summed E-state index contributed by atoms with van der Waals surface area (Å²) in [5.41, 5.74) is 2.55. The molecule has 0 spiro atoms. The molecule has 124 valence electrons. The minimum atomic E-state index is -0.327. The average Bonchev–Trinajstić information content (AvgIpc) is 3.03. The van der Waals surface area contributed by atoms with Gasteiger partial charge in [0.15, 0.2) is 5.16 Å². The molecule has 3 aromatic rings. The molecular formula is C17H16BrFN4S. The van der Waals surface area contributed by atoms with Crippen LogP contribution in [0.25, 0.3) is 22.5 Å². The van der Waals surface area contributed by atoms with Gasteiger partial charge in [-0.3, -0.25) is 4.68 Å². The van der Waals surface area contributed by atoms with Crippen LogP contribution < -0.4 is 0 Å². The first-order valence-corrected chi connectivity index (χ1v) is 9.44. The van der Waals surface area contributed by atoms with Crippen LogP contribution in [0.3, 0.4) is 0 Å². The molecule has 1 aromatic carbocycles. The van der Waals surface area contributed by atoms with Gasteiger partial charge in [-0.05, 0) is 54.2 Å². The molecule has 2 heterocycles. The van der Waals surface area contributed by atoms with Crippen LogP contribution in [0, 0.1) is 5.82 Å². The van der Waals surface area contributed by atoms with Crippen molar-refractivity contribution in [2.45, 2.75) is 25.0 Å². The van der Waals surface area contributed by atoms with Gasteiger partial charge < -0.3 is 0 Å². The first-order valence-electron chi connectivity index (χ1n) is 7.42. The largest absolute Gasteiger partial charge is 0.269 e. The zero-order valence-electron chi connectivity index (χ0n) is 13.5. The number of hydrogen-bond acceptors (Lipinski definition) is 4. The lowest BCUT2D eigenvalue weighted by atomic mass is 10.1. The monoisotopic (exact) mass is 406 g/mol. The van der Waals surface area contributed by atoms with E-state index in [9.17, 15) is 4.39 Å². The molecule has 0 fully saturated rings. The van der Waals surface area contributed by atoms with Crippen LogP contribution in [0.4, 0.5) is 4.39 Å². The summed E-state index contributed by atoms with van der Waals surface area (Å²) in [4.78, 5) is 8.74. The fraction of sp³-hybridized carbons (Fsp3) is 0.235. The first-order chi connectivity index (χ1) is 11.5. The van der Waals surface area contributed by atoms with Crippen LogP contribution in [-0.2, 0) is 0 Å². The molecule has 0 unspecified atom stereocenters. The zero-order valence-corrected chi connectivity index (χ0v) is 15.9. The van der Waals surface area contributed by atoms with E-state index in [1.165, 1.54) is 11.8 Å². The molecule has 24 heavy (non-hydrogen) atoms. The molecule has 2 aromatic heterocycles. The van der Waals surface area contributed by atoms with Crippen molar-refractivity contribution in [1.29, 1.82) is 0 Å². The lowest BCUT2D eigenvalue weighted by Crippen LogP contribution is -2.01. The van der Waals surface area contributed by atoms with E-state index in [2.05, 4.69) is 31.0 Å². The Balaban J connectivity index is 2.23. The van der Waals surface area contributed by atoms with E-state index in [1.807, 2.05) is 37.0 Å². The molecule has 0 saturated heterocycles. The summed E-state index contributed by atoms with van der Waals surface area (Å²) in [5.74, 6) is -0.327. The van der Waals surface area contributed by atoms with Crippen LogP contribution in [0.1, 0.15) is 19.9 Å². The summed E-state index contributed by atoms with van der Waals surface area (Å²) in [5, 5.41) is 5.27. The summed E-state index contributed by atoms with van der Waals surface area (Å²) < 4.78 is 16.8. The Morgan fingerprint density at radius 1 is 1.21 bits per heavy atom. The second-order valence-corrected chi connectivity index (χ2v) is 7.12. The second-order valence-electron chi connectivity index (χ2n) is 5.50. The zero-order chi connectivity index (χ0) is 17.3. The number of thioether (sulfide) groups is 1. The van der Waals surface area contributed by atoms with E-state index in [0.29, 0.717) is 20.9 Å². The average molecular weight is 407 g/mol. The van der Waals surface area contributed by atoms with Crippen LogP contribution in [0.5, 0.6) is 0 Å². The van der Waals surface area contributed by atoms with Gasteiger partial charge in [0, 0.05) is 29.6 Å². The molecule has 0 aliphatic heterocycles. The van der Waals surface area contributed by atoms with Crippen molar-refractivity contribution in [1.82, 2.24) is 19.7 Å². The van der Waals surface area contributed by atoms with Gasteiger partial charge in [0.25, 0.3) is 0 Å². The molecule has 7 heteroatoms. The molecule has 0 N–H and O–H groups in total. The Hall–Kier alpha value is -1.73. The molecule has 0 aliphatic rings. The molecule has 0 radical (unpaired) electrons. The lowest BCUT2D eigenvalue weighted by molar-refractivity contribution is 0.533. The van der Waals surface area contributed by atoms with E-state index in [-0.39, 0.29) is 11.9 Å². The Kier molecular flexibility index (Phi) is 5.01. The predicted molar refractivity (Wildman–Crippen MR) is 98.5 cm³/mol. The van der Waals surface area contributed by atoms with Crippen LogP contribution in [0.15, 0.2) is 46.3 Å². The van der Waals surface area contributed by atoms with Crippen LogP contribution in [0.2, 0.25) is 0 Å². The number of nitrogens with zero attached hydrogens (tertiary/aromatic N) is 4. The lowest BCUT2D eigenvalue weighted by Gasteiger charge is -2.06. The fourth-order valence-corrected chi connectivity index (χ4v) is 3.04. The maximum Gasteiger partial charge on any atom is 0.187 e. The molecule has 0 amide bonds. The predicted octanol–water partition coefficient (Wildman–Crippen LogP) is 5.21. The van der Waals surface area contributed by atoms with Crippen LogP contribution in [-0.4, -0.2) is 26.0 Å². The highest BCUT2D eigenvalue weighted by molar-refractivity contribution is 9.10. The Morgan fingerprint density at radius 2 is 2.00 bits per heavy atom. The molecule has 4 nitrogen and oxygen atoms in total. The third-order valence-corrected chi connectivity index (χ3v) is 4.73. The van der Waals surface area contributed by atoms with Crippen LogP contribution >= 0.6 is 27.7 Å². The minimum Gasteiger partial charge on any atom is -0.269 e. The number of aromatic nitrogens is 4. The van der Waals surface area contributed by atoms with E-state index < -0.39 is 0 Å². The fourth-order valence-electron chi connectivity index (χ4n) is 2.32. The molecule has 3 rings (SSSR count).